The molecule has 0 aliphatic carbocycles. The largest absolute Gasteiger partial charge is 0.422 e. The van der Waals surface area contributed by atoms with Crippen molar-refractivity contribution in [1.29, 1.82) is 0 Å². The average molecular weight is 344 g/mol. The van der Waals surface area contributed by atoms with Gasteiger partial charge in [-0.25, -0.2) is 9.97 Å². The Bertz CT molecular complexity index is 856. The summed E-state index contributed by atoms with van der Waals surface area (Å²) in [6, 6.07) is 7.58. The predicted molar refractivity (Wildman–Crippen MR) is 89.2 cm³/mol. The fraction of sp³-hybridized carbons (Fsp3) is 0.250. The quantitative estimate of drug-likeness (QED) is 0.664. The zero-order chi connectivity index (χ0) is 16.5. The first kappa shape index (κ1) is 14.9. The van der Waals surface area contributed by atoms with Gasteiger partial charge in [-0.15, -0.1) is 0 Å². The van der Waals surface area contributed by atoms with Crippen molar-refractivity contribution in [3.05, 3.63) is 47.4 Å². The summed E-state index contributed by atoms with van der Waals surface area (Å²) >= 11 is 6.01. The van der Waals surface area contributed by atoms with Gasteiger partial charge in [0, 0.05) is 38.6 Å². The van der Waals surface area contributed by atoms with Crippen LogP contribution >= 0.6 is 11.6 Å². The number of anilines is 1. The molecule has 7 nitrogen and oxygen atoms in total. The molecular formula is C16H14ClN5O2. The van der Waals surface area contributed by atoms with Gasteiger partial charge >= 0.3 is 0 Å². The van der Waals surface area contributed by atoms with Crippen LogP contribution in [0.3, 0.4) is 0 Å². The number of halogens is 1. The fourth-order valence-corrected chi connectivity index (χ4v) is 2.91. The van der Waals surface area contributed by atoms with Crippen molar-refractivity contribution >= 4 is 34.8 Å². The van der Waals surface area contributed by atoms with Crippen molar-refractivity contribution in [3.8, 4) is 0 Å². The lowest BCUT2D eigenvalue weighted by Gasteiger charge is -2.33. The highest BCUT2D eigenvalue weighted by Crippen LogP contribution is 2.22. The van der Waals surface area contributed by atoms with Gasteiger partial charge in [-0.05, 0) is 24.3 Å². The molecule has 0 atom stereocenters. The molecule has 1 aliphatic rings. The first-order valence-electron chi connectivity index (χ1n) is 7.58. The summed E-state index contributed by atoms with van der Waals surface area (Å²) in [7, 11) is 0. The molecule has 24 heavy (non-hydrogen) atoms. The second-order valence-electron chi connectivity index (χ2n) is 5.44. The summed E-state index contributed by atoms with van der Waals surface area (Å²) in [6.07, 6.45) is 3.25. The van der Waals surface area contributed by atoms with E-state index in [1.165, 1.54) is 0 Å². The average Bonchev–Trinajstić information content (AvgIpc) is 3.06. The molecule has 4 rings (SSSR count). The van der Waals surface area contributed by atoms with Gasteiger partial charge < -0.3 is 14.2 Å². The molecule has 8 heteroatoms. The summed E-state index contributed by atoms with van der Waals surface area (Å²) in [5.41, 5.74) is 1.68. The minimum absolute atomic E-state index is 0.105. The highest BCUT2D eigenvalue weighted by Gasteiger charge is 2.26. The van der Waals surface area contributed by atoms with Gasteiger partial charge in [0.1, 0.15) is 5.15 Å². The number of fused-ring (bicyclic) bond motifs is 1. The van der Waals surface area contributed by atoms with Crippen molar-refractivity contribution in [2.75, 3.05) is 31.1 Å². The van der Waals surface area contributed by atoms with Crippen LogP contribution in [0.1, 0.15) is 10.4 Å². The smallest absolute Gasteiger partial charge is 0.300 e. The Morgan fingerprint density at radius 2 is 1.83 bits per heavy atom. The van der Waals surface area contributed by atoms with E-state index in [-0.39, 0.29) is 11.1 Å². The van der Waals surface area contributed by atoms with Crippen molar-refractivity contribution < 1.29 is 9.21 Å². The fourth-order valence-electron chi connectivity index (χ4n) is 2.71. The molecule has 0 unspecified atom stereocenters. The maximum absolute atomic E-state index is 12.5. The number of oxazole rings is 1. The lowest BCUT2D eigenvalue weighted by molar-refractivity contribution is 0.0745. The molecule has 0 aromatic carbocycles. The number of amides is 1. The maximum atomic E-state index is 12.5. The van der Waals surface area contributed by atoms with E-state index in [2.05, 4.69) is 15.0 Å². The maximum Gasteiger partial charge on any atom is 0.300 e. The Balaban J connectivity index is 1.47. The molecule has 4 heterocycles. The van der Waals surface area contributed by atoms with E-state index in [9.17, 15) is 4.79 Å². The molecule has 0 saturated carbocycles. The van der Waals surface area contributed by atoms with E-state index in [0.29, 0.717) is 49.0 Å². The topological polar surface area (TPSA) is 75.4 Å². The number of hydrogen-bond donors (Lipinski definition) is 0. The molecule has 1 saturated heterocycles. The minimum atomic E-state index is -0.105. The van der Waals surface area contributed by atoms with Gasteiger partial charge in [-0.3, -0.25) is 4.79 Å². The van der Waals surface area contributed by atoms with Crippen LogP contribution < -0.4 is 4.90 Å². The van der Waals surface area contributed by atoms with E-state index in [1.54, 1.807) is 29.4 Å². The monoisotopic (exact) mass is 343 g/mol. The van der Waals surface area contributed by atoms with E-state index in [4.69, 9.17) is 16.0 Å². The number of piperazine rings is 1. The molecule has 1 aliphatic heterocycles. The van der Waals surface area contributed by atoms with Gasteiger partial charge in [0.15, 0.2) is 5.58 Å². The van der Waals surface area contributed by atoms with E-state index in [1.807, 2.05) is 17.0 Å². The van der Waals surface area contributed by atoms with Crippen molar-refractivity contribution in [2.45, 2.75) is 0 Å². The van der Waals surface area contributed by atoms with Gasteiger partial charge in [0.05, 0.1) is 5.56 Å². The Morgan fingerprint density at radius 1 is 1.08 bits per heavy atom. The van der Waals surface area contributed by atoms with Gasteiger partial charge in [0.2, 0.25) is 5.65 Å². The third-order valence-corrected chi connectivity index (χ3v) is 4.28. The first-order valence-corrected chi connectivity index (χ1v) is 7.96. The third kappa shape index (κ3) is 2.67. The summed E-state index contributed by atoms with van der Waals surface area (Å²) < 4.78 is 5.72. The van der Waals surface area contributed by atoms with Crippen LogP contribution in [-0.2, 0) is 0 Å². The molecule has 0 bridgehead atoms. The Hall–Kier alpha value is -2.67. The SMILES string of the molecule is O=C(c1cccnc1Cl)N1CCN(c2nc3ncccc3o2)CC1. The van der Waals surface area contributed by atoms with E-state index < -0.39 is 0 Å². The van der Waals surface area contributed by atoms with Crippen LogP contribution in [0.25, 0.3) is 11.2 Å². The summed E-state index contributed by atoms with van der Waals surface area (Å²) in [5, 5.41) is 0.231. The zero-order valence-corrected chi connectivity index (χ0v) is 13.5. The predicted octanol–water partition coefficient (Wildman–Crippen LogP) is 2.23. The standard InChI is InChI=1S/C16H14ClN5O2/c17-13-11(3-1-5-18-13)15(23)21-7-9-22(10-8-21)16-20-14-12(24-16)4-2-6-19-14/h1-6H,7-10H2. The summed E-state index contributed by atoms with van der Waals surface area (Å²) in [5.74, 6) is -0.105. The Labute approximate surface area is 142 Å². The van der Waals surface area contributed by atoms with Crippen molar-refractivity contribution in [1.82, 2.24) is 19.9 Å². The molecule has 122 valence electrons. The number of pyridine rings is 2. The number of nitrogens with zero attached hydrogens (tertiary/aromatic N) is 5. The zero-order valence-electron chi connectivity index (χ0n) is 12.7. The molecule has 1 fully saturated rings. The Morgan fingerprint density at radius 3 is 2.58 bits per heavy atom. The van der Waals surface area contributed by atoms with E-state index in [0.717, 1.165) is 0 Å². The van der Waals surface area contributed by atoms with Crippen LogP contribution in [0.15, 0.2) is 41.1 Å². The highest BCUT2D eigenvalue weighted by molar-refractivity contribution is 6.32. The van der Waals surface area contributed by atoms with Crippen molar-refractivity contribution in [2.24, 2.45) is 0 Å². The number of rotatable bonds is 2. The molecular weight excluding hydrogens is 330 g/mol. The molecule has 0 radical (unpaired) electrons. The number of hydrogen-bond acceptors (Lipinski definition) is 6. The Kier molecular flexibility index (Phi) is 3.78. The van der Waals surface area contributed by atoms with Gasteiger partial charge in [-0.2, -0.15) is 4.98 Å². The lowest BCUT2D eigenvalue weighted by atomic mass is 10.2. The number of carbonyl (C=O) groups is 1. The first-order chi connectivity index (χ1) is 11.7. The second-order valence-corrected chi connectivity index (χ2v) is 5.80. The van der Waals surface area contributed by atoms with Crippen LogP contribution in [0.5, 0.6) is 0 Å². The second kappa shape index (κ2) is 6.09. The third-order valence-electron chi connectivity index (χ3n) is 3.98. The van der Waals surface area contributed by atoms with Crippen molar-refractivity contribution in [3.63, 3.8) is 0 Å². The molecule has 3 aromatic rings. The summed E-state index contributed by atoms with van der Waals surface area (Å²) in [6.45, 7) is 2.40. The molecule has 1 amide bonds. The molecule has 0 spiro atoms. The van der Waals surface area contributed by atoms with Crippen LogP contribution in [0, 0.1) is 0 Å². The van der Waals surface area contributed by atoms with Crippen LogP contribution in [0.4, 0.5) is 6.01 Å². The number of carbonyl (C=O) groups excluding carboxylic acids is 1. The van der Waals surface area contributed by atoms with E-state index >= 15 is 0 Å². The molecule has 0 N–H and O–H groups in total. The van der Waals surface area contributed by atoms with Crippen LogP contribution in [-0.4, -0.2) is 51.9 Å². The lowest BCUT2D eigenvalue weighted by Crippen LogP contribution is -2.49. The van der Waals surface area contributed by atoms with Gasteiger partial charge in [0.25, 0.3) is 11.9 Å². The highest BCUT2D eigenvalue weighted by atomic mass is 35.5. The van der Waals surface area contributed by atoms with Crippen LogP contribution in [0.2, 0.25) is 5.15 Å². The molecule has 3 aromatic heterocycles. The summed E-state index contributed by atoms with van der Waals surface area (Å²) in [4.78, 5) is 28.8. The minimum Gasteiger partial charge on any atom is -0.422 e. The normalized spacial score (nSPS) is 15.0. The number of aromatic nitrogens is 3. The van der Waals surface area contributed by atoms with Gasteiger partial charge in [-0.1, -0.05) is 11.6 Å².